The van der Waals surface area contributed by atoms with Gasteiger partial charge in [0.15, 0.2) is 0 Å². The summed E-state index contributed by atoms with van der Waals surface area (Å²) < 4.78 is 6.21. The molecule has 0 aliphatic carbocycles. The molecule has 158 valence electrons. The number of aryl methyl sites for hydroxylation is 2. The van der Waals surface area contributed by atoms with Crippen LogP contribution in [0.4, 0.5) is 5.69 Å². The summed E-state index contributed by atoms with van der Waals surface area (Å²) in [5.41, 5.74) is 5.57. The summed E-state index contributed by atoms with van der Waals surface area (Å²) in [6.07, 6.45) is 0. The van der Waals surface area contributed by atoms with Gasteiger partial charge in [-0.25, -0.2) is 4.98 Å². The molecule has 2 aromatic heterocycles. The van der Waals surface area contributed by atoms with Gasteiger partial charge in [-0.3, -0.25) is 4.79 Å². The number of carbonyl (C=O) groups is 1. The summed E-state index contributed by atoms with van der Waals surface area (Å²) in [4.78, 5) is 17.2. The predicted octanol–water partition coefficient (Wildman–Crippen LogP) is 5.42. The fourth-order valence-corrected chi connectivity index (χ4v) is 4.88. The van der Waals surface area contributed by atoms with Crippen LogP contribution in [0.25, 0.3) is 21.5 Å². The highest BCUT2D eigenvalue weighted by Crippen LogP contribution is 2.35. The predicted molar refractivity (Wildman–Crippen MR) is 127 cm³/mol. The molecule has 0 unspecified atom stereocenters. The third-order valence-electron chi connectivity index (χ3n) is 4.97. The highest BCUT2D eigenvalue weighted by atomic mass is 32.2. The van der Waals surface area contributed by atoms with Crippen LogP contribution in [0.1, 0.15) is 16.1 Å². The van der Waals surface area contributed by atoms with E-state index in [2.05, 4.69) is 20.5 Å². The SMILES string of the molecule is COc1ccc(-c2nnc(SCC(=O)Nc3cccc(C)c3C)c3nc(C)sc23)cc1. The highest BCUT2D eigenvalue weighted by Gasteiger charge is 2.17. The lowest BCUT2D eigenvalue weighted by Crippen LogP contribution is -2.15. The Morgan fingerprint density at radius 2 is 1.87 bits per heavy atom. The van der Waals surface area contributed by atoms with Crippen molar-refractivity contribution in [3.8, 4) is 17.0 Å². The lowest BCUT2D eigenvalue weighted by atomic mass is 10.1. The van der Waals surface area contributed by atoms with Gasteiger partial charge < -0.3 is 10.1 Å². The maximum Gasteiger partial charge on any atom is 0.234 e. The quantitative estimate of drug-likeness (QED) is 0.395. The number of methoxy groups -OCH3 is 1. The second-order valence-electron chi connectivity index (χ2n) is 7.08. The minimum absolute atomic E-state index is 0.0835. The summed E-state index contributed by atoms with van der Waals surface area (Å²) in [6.45, 7) is 5.99. The first-order chi connectivity index (χ1) is 15.0. The molecule has 31 heavy (non-hydrogen) atoms. The van der Waals surface area contributed by atoms with E-state index >= 15 is 0 Å². The van der Waals surface area contributed by atoms with Gasteiger partial charge in [0, 0.05) is 11.3 Å². The van der Waals surface area contributed by atoms with E-state index in [4.69, 9.17) is 4.74 Å². The van der Waals surface area contributed by atoms with Gasteiger partial charge in [-0.2, -0.15) is 0 Å². The van der Waals surface area contributed by atoms with Crippen molar-refractivity contribution in [1.82, 2.24) is 15.2 Å². The van der Waals surface area contributed by atoms with Crippen molar-refractivity contribution in [3.05, 3.63) is 58.6 Å². The van der Waals surface area contributed by atoms with Gasteiger partial charge in [-0.05, 0) is 62.2 Å². The van der Waals surface area contributed by atoms with Crippen molar-refractivity contribution < 1.29 is 9.53 Å². The lowest BCUT2D eigenvalue weighted by Gasteiger charge is -2.10. The summed E-state index contributed by atoms with van der Waals surface area (Å²) in [5, 5.41) is 13.4. The Morgan fingerprint density at radius 3 is 2.61 bits per heavy atom. The van der Waals surface area contributed by atoms with Crippen LogP contribution >= 0.6 is 23.1 Å². The van der Waals surface area contributed by atoms with Crippen molar-refractivity contribution in [2.24, 2.45) is 0 Å². The number of nitrogens with one attached hydrogen (secondary N) is 1. The Bertz CT molecular complexity index is 1250. The van der Waals surface area contributed by atoms with E-state index in [9.17, 15) is 4.79 Å². The first kappa shape index (κ1) is 21.3. The van der Waals surface area contributed by atoms with Crippen molar-refractivity contribution in [3.63, 3.8) is 0 Å². The van der Waals surface area contributed by atoms with Crippen LogP contribution in [0.15, 0.2) is 47.5 Å². The van der Waals surface area contributed by atoms with Crippen molar-refractivity contribution in [2.45, 2.75) is 25.8 Å². The normalized spacial score (nSPS) is 11.0. The van der Waals surface area contributed by atoms with E-state index in [0.29, 0.717) is 5.03 Å². The summed E-state index contributed by atoms with van der Waals surface area (Å²) in [7, 11) is 1.64. The van der Waals surface area contributed by atoms with Crippen LogP contribution < -0.4 is 10.1 Å². The Balaban J connectivity index is 1.56. The van der Waals surface area contributed by atoms with Crippen molar-refractivity contribution >= 4 is 44.9 Å². The van der Waals surface area contributed by atoms with Crippen LogP contribution in [0.3, 0.4) is 0 Å². The number of carbonyl (C=O) groups excluding carboxylic acids is 1. The van der Waals surface area contributed by atoms with Crippen LogP contribution in [0, 0.1) is 20.8 Å². The van der Waals surface area contributed by atoms with E-state index in [1.807, 2.05) is 63.2 Å². The molecule has 6 nitrogen and oxygen atoms in total. The molecular formula is C23H22N4O2S2. The molecule has 4 aromatic rings. The standard InChI is InChI=1S/C23H22N4O2S2/c1-13-6-5-7-18(14(13)2)25-19(28)12-30-23-21-22(31-15(3)24-21)20(26-27-23)16-8-10-17(29-4)11-9-16/h5-11H,12H2,1-4H3,(H,25,28). The monoisotopic (exact) mass is 450 g/mol. The van der Waals surface area contributed by atoms with Gasteiger partial charge in [0.25, 0.3) is 0 Å². The number of thioether (sulfide) groups is 1. The van der Waals surface area contributed by atoms with E-state index < -0.39 is 0 Å². The zero-order chi connectivity index (χ0) is 22.0. The van der Waals surface area contributed by atoms with Crippen LogP contribution in [0.5, 0.6) is 5.75 Å². The molecule has 1 amide bonds. The number of amides is 1. The third-order valence-corrected chi connectivity index (χ3v) is 6.91. The molecule has 0 aliphatic heterocycles. The number of anilines is 1. The largest absolute Gasteiger partial charge is 0.497 e. The number of fused-ring (bicyclic) bond motifs is 1. The molecule has 0 aliphatic rings. The maximum atomic E-state index is 12.5. The number of hydrogen-bond acceptors (Lipinski definition) is 7. The summed E-state index contributed by atoms with van der Waals surface area (Å²) >= 11 is 2.93. The van der Waals surface area contributed by atoms with Crippen LogP contribution in [-0.2, 0) is 4.79 Å². The molecule has 0 saturated carbocycles. The number of ether oxygens (including phenoxy) is 1. The fourth-order valence-electron chi connectivity index (χ4n) is 3.16. The number of benzene rings is 2. The second-order valence-corrected chi connectivity index (χ2v) is 9.24. The number of nitrogens with zero attached hydrogens (tertiary/aromatic N) is 3. The molecule has 0 saturated heterocycles. The van der Waals surface area contributed by atoms with Gasteiger partial charge in [0.05, 0.1) is 22.6 Å². The molecule has 8 heteroatoms. The second kappa shape index (κ2) is 9.03. The highest BCUT2D eigenvalue weighted by molar-refractivity contribution is 8.00. The zero-order valence-electron chi connectivity index (χ0n) is 17.7. The van der Waals surface area contributed by atoms with Crippen LogP contribution in [0.2, 0.25) is 0 Å². The summed E-state index contributed by atoms with van der Waals surface area (Å²) in [5.74, 6) is 0.936. The molecule has 0 atom stereocenters. The maximum absolute atomic E-state index is 12.5. The Labute approximate surface area is 189 Å². The molecule has 2 aromatic carbocycles. The van der Waals surface area contributed by atoms with Crippen molar-refractivity contribution in [1.29, 1.82) is 0 Å². The average Bonchev–Trinajstić information content (AvgIpc) is 3.17. The van der Waals surface area contributed by atoms with E-state index in [1.54, 1.807) is 18.4 Å². The average molecular weight is 451 g/mol. The minimum atomic E-state index is -0.0835. The lowest BCUT2D eigenvalue weighted by molar-refractivity contribution is -0.113. The minimum Gasteiger partial charge on any atom is -0.497 e. The Hall–Kier alpha value is -2.97. The number of rotatable bonds is 6. The smallest absolute Gasteiger partial charge is 0.234 e. The molecule has 0 fully saturated rings. The number of aromatic nitrogens is 3. The van der Waals surface area contributed by atoms with Gasteiger partial charge in [-0.15, -0.1) is 21.5 Å². The molecular weight excluding hydrogens is 428 g/mol. The van der Waals surface area contributed by atoms with Gasteiger partial charge in [-0.1, -0.05) is 23.9 Å². The fraction of sp³-hybridized carbons (Fsp3) is 0.217. The first-order valence-electron chi connectivity index (χ1n) is 9.73. The first-order valence-corrected chi connectivity index (χ1v) is 11.5. The Kier molecular flexibility index (Phi) is 6.20. The molecule has 4 rings (SSSR count). The summed E-state index contributed by atoms with van der Waals surface area (Å²) in [6, 6.07) is 13.6. The van der Waals surface area contributed by atoms with Crippen molar-refractivity contribution in [2.75, 3.05) is 18.2 Å². The van der Waals surface area contributed by atoms with Gasteiger partial charge in [0.2, 0.25) is 5.91 Å². The van der Waals surface area contributed by atoms with E-state index in [1.165, 1.54) is 11.8 Å². The zero-order valence-corrected chi connectivity index (χ0v) is 19.4. The molecule has 0 radical (unpaired) electrons. The number of thiazole rings is 1. The molecule has 0 bridgehead atoms. The van der Waals surface area contributed by atoms with E-state index in [-0.39, 0.29) is 11.7 Å². The van der Waals surface area contributed by atoms with E-state index in [0.717, 1.165) is 49.0 Å². The van der Waals surface area contributed by atoms with Gasteiger partial charge in [0.1, 0.15) is 22.0 Å². The topological polar surface area (TPSA) is 77.0 Å². The molecule has 1 N–H and O–H groups in total. The molecule has 0 spiro atoms. The Morgan fingerprint density at radius 1 is 1.10 bits per heavy atom. The third kappa shape index (κ3) is 4.55. The van der Waals surface area contributed by atoms with Gasteiger partial charge >= 0.3 is 0 Å². The molecule has 2 heterocycles. The number of hydrogen-bond donors (Lipinski definition) is 1. The van der Waals surface area contributed by atoms with Crippen LogP contribution in [-0.4, -0.2) is 34.0 Å².